The Kier molecular flexibility index (Phi) is 2.74. The summed E-state index contributed by atoms with van der Waals surface area (Å²) < 4.78 is 5.34. The molecule has 2 saturated heterocycles. The Hall–Kier alpha value is -0.610. The summed E-state index contributed by atoms with van der Waals surface area (Å²) in [5.74, 6) is -0.714. The van der Waals surface area contributed by atoms with Crippen LogP contribution in [0.4, 0.5) is 0 Å². The number of rotatable bonds is 2. The van der Waals surface area contributed by atoms with Gasteiger partial charge in [0.05, 0.1) is 6.54 Å². The number of hydrogen-bond acceptors (Lipinski definition) is 3. The topological polar surface area (TPSA) is 49.8 Å². The molecule has 2 rings (SSSR count). The van der Waals surface area contributed by atoms with Crippen molar-refractivity contribution in [3.05, 3.63) is 0 Å². The second-order valence-electron chi connectivity index (χ2n) is 4.47. The van der Waals surface area contributed by atoms with Crippen molar-refractivity contribution in [2.45, 2.75) is 19.3 Å². The maximum absolute atomic E-state index is 10.6. The van der Waals surface area contributed by atoms with Crippen LogP contribution in [0.3, 0.4) is 0 Å². The van der Waals surface area contributed by atoms with Crippen molar-refractivity contribution >= 4 is 5.97 Å². The molecule has 14 heavy (non-hydrogen) atoms. The van der Waals surface area contributed by atoms with Gasteiger partial charge in [-0.15, -0.1) is 0 Å². The molecule has 2 fully saturated rings. The summed E-state index contributed by atoms with van der Waals surface area (Å²) in [6.07, 6.45) is 3.34. The van der Waals surface area contributed by atoms with Crippen LogP contribution in [0, 0.1) is 5.41 Å². The lowest BCUT2D eigenvalue weighted by Gasteiger charge is -2.33. The Balaban J connectivity index is 1.89. The van der Waals surface area contributed by atoms with Crippen LogP contribution in [0.1, 0.15) is 19.3 Å². The minimum Gasteiger partial charge on any atom is -0.480 e. The van der Waals surface area contributed by atoms with E-state index in [0.717, 1.165) is 45.6 Å². The molecule has 1 spiro atoms. The predicted octanol–water partition coefficient (Wildman–Crippen LogP) is 0.573. The van der Waals surface area contributed by atoms with Gasteiger partial charge in [-0.2, -0.15) is 0 Å². The van der Waals surface area contributed by atoms with Crippen LogP contribution < -0.4 is 0 Å². The molecule has 4 heteroatoms. The van der Waals surface area contributed by atoms with E-state index in [1.165, 1.54) is 0 Å². The fourth-order valence-electron chi connectivity index (χ4n) is 2.57. The molecule has 4 nitrogen and oxygen atoms in total. The largest absolute Gasteiger partial charge is 0.480 e. The monoisotopic (exact) mass is 199 g/mol. The molecule has 2 aliphatic heterocycles. The minimum absolute atomic E-state index is 0.197. The zero-order chi connectivity index (χ0) is 10.0. The van der Waals surface area contributed by atoms with E-state index in [1.807, 2.05) is 4.90 Å². The Morgan fingerprint density at radius 1 is 1.36 bits per heavy atom. The minimum atomic E-state index is -0.714. The fourth-order valence-corrected chi connectivity index (χ4v) is 2.57. The number of nitrogens with zero attached hydrogens (tertiary/aromatic N) is 1. The molecule has 0 aliphatic carbocycles. The molecule has 0 aromatic rings. The predicted molar refractivity (Wildman–Crippen MR) is 51.2 cm³/mol. The van der Waals surface area contributed by atoms with Crippen LogP contribution in [0.15, 0.2) is 0 Å². The molecule has 0 aromatic heterocycles. The molecule has 0 bridgehead atoms. The van der Waals surface area contributed by atoms with Crippen molar-refractivity contribution in [2.75, 3.05) is 32.8 Å². The van der Waals surface area contributed by atoms with Crippen LogP contribution in [0.5, 0.6) is 0 Å². The Bertz CT molecular complexity index is 223. The smallest absolute Gasteiger partial charge is 0.317 e. The third-order valence-electron chi connectivity index (χ3n) is 3.43. The zero-order valence-corrected chi connectivity index (χ0v) is 8.37. The molecule has 0 unspecified atom stereocenters. The number of carbonyl (C=O) groups is 1. The number of hydrogen-bond donors (Lipinski definition) is 1. The molecule has 0 saturated carbocycles. The molecule has 1 N–H and O–H groups in total. The zero-order valence-electron chi connectivity index (χ0n) is 8.37. The maximum atomic E-state index is 10.6. The molecular formula is C10H17NO3. The third kappa shape index (κ3) is 2.07. The average molecular weight is 199 g/mol. The highest BCUT2D eigenvalue weighted by Gasteiger charge is 2.39. The van der Waals surface area contributed by atoms with Crippen LogP contribution in [-0.4, -0.2) is 48.8 Å². The van der Waals surface area contributed by atoms with E-state index in [2.05, 4.69) is 0 Å². The summed E-state index contributed by atoms with van der Waals surface area (Å²) >= 11 is 0. The van der Waals surface area contributed by atoms with Crippen molar-refractivity contribution in [3.8, 4) is 0 Å². The van der Waals surface area contributed by atoms with Crippen LogP contribution in [-0.2, 0) is 9.53 Å². The van der Waals surface area contributed by atoms with Gasteiger partial charge in [0, 0.05) is 19.8 Å². The van der Waals surface area contributed by atoms with E-state index in [9.17, 15) is 4.79 Å². The van der Waals surface area contributed by atoms with Gasteiger partial charge in [-0.25, -0.2) is 0 Å². The highest BCUT2D eigenvalue weighted by Crippen LogP contribution is 2.39. The van der Waals surface area contributed by atoms with Crippen molar-refractivity contribution in [1.82, 2.24) is 4.90 Å². The second-order valence-corrected chi connectivity index (χ2v) is 4.47. The van der Waals surface area contributed by atoms with Crippen molar-refractivity contribution in [1.29, 1.82) is 0 Å². The van der Waals surface area contributed by atoms with E-state index in [1.54, 1.807) is 0 Å². The van der Waals surface area contributed by atoms with E-state index in [4.69, 9.17) is 9.84 Å². The number of carboxylic acids is 1. The van der Waals surface area contributed by atoms with Gasteiger partial charge in [0.2, 0.25) is 0 Å². The van der Waals surface area contributed by atoms with Gasteiger partial charge in [-0.1, -0.05) is 0 Å². The summed E-state index contributed by atoms with van der Waals surface area (Å²) in [4.78, 5) is 12.6. The fraction of sp³-hybridized carbons (Fsp3) is 0.900. The summed E-state index contributed by atoms with van der Waals surface area (Å²) in [6.45, 7) is 3.78. The first-order chi connectivity index (χ1) is 6.70. The number of ether oxygens (including phenoxy) is 1. The SMILES string of the molecule is O=C(O)CN1CCC2(CCOCC2)C1. The van der Waals surface area contributed by atoms with E-state index in [-0.39, 0.29) is 6.54 Å². The van der Waals surface area contributed by atoms with E-state index < -0.39 is 5.97 Å². The van der Waals surface area contributed by atoms with Gasteiger partial charge in [-0.05, 0) is 31.2 Å². The van der Waals surface area contributed by atoms with Gasteiger partial charge in [-0.3, -0.25) is 9.69 Å². The average Bonchev–Trinajstić information content (AvgIpc) is 2.49. The highest BCUT2D eigenvalue weighted by molar-refractivity contribution is 5.69. The molecule has 0 aromatic carbocycles. The Morgan fingerprint density at radius 2 is 2.07 bits per heavy atom. The Morgan fingerprint density at radius 3 is 2.71 bits per heavy atom. The van der Waals surface area contributed by atoms with Crippen molar-refractivity contribution < 1.29 is 14.6 Å². The van der Waals surface area contributed by atoms with Crippen LogP contribution in [0.2, 0.25) is 0 Å². The van der Waals surface area contributed by atoms with Gasteiger partial charge < -0.3 is 9.84 Å². The van der Waals surface area contributed by atoms with Crippen LogP contribution >= 0.6 is 0 Å². The Labute approximate surface area is 83.8 Å². The summed E-state index contributed by atoms with van der Waals surface area (Å²) in [5, 5.41) is 8.69. The number of carboxylic acid groups (broad SMARTS) is 1. The number of likely N-dealkylation sites (tertiary alicyclic amines) is 1. The quantitative estimate of drug-likeness (QED) is 0.706. The van der Waals surface area contributed by atoms with Crippen molar-refractivity contribution in [3.63, 3.8) is 0 Å². The molecule has 0 radical (unpaired) electrons. The second kappa shape index (κ2) is 3.87. The van der Waals surface area contributed by atoms with Gasteiger partial charge in [0.1, 0.15) is 0 Å². The first-order valence-corrected chi connectivity index (χ1v) is 5.22. The lowest BCUT2D eigenvalue weighted by Crippen LogP contribution is -2.34. The van der Waals surface area contributed by atoms with Gasteiger partial charge >= 0.3 is 5.97 Å². The normalized spacial score (nSPS) is 26.9. The summed E-state index contributed by atoms with van der Waals surface area (Å²) in [5.41, 5.74) is 0.369. The van der Waals surface area contributed by atoms with E-state index >= 15 is 0 Å². The van der Waals surface area contributed by atoms with Crippen LogP contribution in [0.25, 0.3) is 0 Å². The van der Waals surface area contributed by atoms with Gasteiger partial charge in [0.15, 0.2) is 0 Å². The first kappa shape index (κ1) is 9.93. The molecule has 80 valence electrons. The van der Waals surface area contributed by atoms with Gasteiger partial charge in [0.25, 0.3) is 0 Å². The lowest BCUT2D eigenvalue weighted by atomic mass is 9.80. The number of aliphatic carboxylic acids is 1. The third-order valence-corrected chi connectivity index (χ3v) is 3.43. The molecule has 2 heterocycles. The molecule has 0 amide bonds. The summed E-state index contributed by atoms with van der Waals surface area (Å²) in [6, 6.07) is 0. The molecule has 2 aliphatic rings. The maximum Gasteiger partial charge on any atom is 0.317 e. The highest BCUT2D eigenvalue weighted by atomic mass is 16.5. The first-order valence-electron chi connectivity index (χ1n) is 5.22. The summed E-state index contributed by atoms with van der Waals surface area (Å²) in [7, 11) is 0. The van der Waals surface area contributed by atoms with Crippen molar-refractivity contribution in [2.24, 2.45) is 5.41 Å². The molecule has 0 atom stereocenters. The molecular weight excluding hydrogens is 182 g/mol. The standard InChI is InChI=1S/C10H17NO3/c12-9(13)7-11-4-1-10(8-11)2-5-14-6-3-10/h1-8H2,(H,12,13). The van der Waals surface area contributed by atoms with E-state index in [0.29, 0.717) is 5.41 Å². The lowest BCUT2D eigenvalue weighted by molar-refractivity contribution is -0.138.